The molecule has 0 atom stereocenters. The fraction of sp³-hybridized carbons (Fsp3) is 0.167. The van der Waals surface area contributed by atoms with E-state index >= 15 is 0 Å². The molecule has 0 aliphatic rings. The van der Waals surface area contributed by atoms with E-state index in [1.54, 1.807) is 23.5 Å². The summed E-state index contributed by atoms with van der Waals surface area (Å²) in [6, 6.07) is 5.29. The lowest BCUT2D eigenvalue weighted by molar-refractivity contribution is 0.0686. The van der Waals surface area contributed by atoms with E-state index in [1.807, 2.05) is 24.6 Å². The summed E-state index contributed by atoms with van der Waals surface area (Å²) < 4.78 is 6.03. The maximum absolute atomic E-state index is 10.8. The number of nitrogens with zero attached hydrogens (tertiary/aromatic N) is 1. The summed E-state index contributed by atoms with van der Waals surface area (Å²) >= 11 is 6.80. The summed E-state index contributed by atoms with van der Waals surface area (Å²) in [6.07, 6.45) is 4.00. The Labute approximate surface area is 127 Å². The van der Waals surface area contributed by atoms with Crippen LogP contribution < -0.4 is 0 Å². The molecule has 1 heterocycles. The van der Waals surface area contributed by atoms with Gasteiger partial charge in [-0.15, -0.1) is 23.5 Å². The summed E-state index contributed by atoms with van der Waals surface area (Å²) in [5, 5.41) is 12.4. The zero-order valence-corrected chi connectivity index (χ0v) is 13.4. The Bertz CT molecular complexity index is 627. The molecule has 0 amide bonds. The summed E-state index contributed by atoms with van der Waals surface area (Å²) in [5.41, 5.74) is 0.708. The molecule has 0 aliphatic carbocycles. The van der Waals surface area contributed by atoms with Crippen LogP contribution in [0.2, 0.25) is 0 Å². The molecule has 2 rings (SSSR count). The van der Waals surface area contributed by atoms with Gasteiger partial charge in [-0.05, 0) is 40.6 Å². The highest BCUT2D eigenvalue weighted by molar-refractivity contribution is 9.10. The van der Waals surface area contributed by atoms with Gasteiger partial charge in [-0.3, -0.25) is 0 Å². The van der Waals surface area contributed by atoms with Crippen LogP contribution in [0.3, 0.4) is 0 Å². The van der Waals surface area contributed by atoms with Crippen molar-refractivity contribution >= 4 is 45.4 Å². The summed E-state index contributed by atoms with van der Waals surface area (Å²) in [4.78, 5) is 13.0. The average molecular weight is 360 g/mol. The molecule has 19 heavy (non-hydrogen) atoms. The zero-order chi connectivity index (χ0) is 14.0. The van der Waals surface area contributed by atoms with Crippen LogP contribution in [0, 0.1) is 0 Å². The standard InChI is InChI=1S/C12H10BrNO3S2/c1-18-10-4-6(3-7(13)11(10)19-2)9-5-8(12(15)16)14-17-9/h3-5H,1-2H3,(H,15,16). The van der Waals surface area contributed by atoms with Gasteiger partial charge in [0.1, 0.15) is 0 Å². The first-order valence-electron chi connectivity index (χ1n) is 5.18. The predicted molar refractivity (Wildman–Crippen MR) is 80.2 cm³/mol. The highest BCUT2D eigenvalue weighted by Crippen LogP contribution is 2.38. The predicted octanol–water partition coefficient (Wildman–Crippen LogP) is 4.25. The third-order valence-corrected chi connectivity index (χ3v) is 5.07. The summed E-state index contributed by atoms with van der Waals surface area (Å²) in [6.45, 7) is 0. The van der Waals surface area contributed by atoms with Gasteiger partial charge in [0.15, 0.2) is 11.5 Å². The molecule has 100 valence electrons. The maximum Gasteiger partial charge on any atom is 0.358 e. The second-order valence-electron chi connectivity index (χ2n) is 3.58. The number of carboxylic acids is 1. The number of rotatable bonds is 4. The lowest BCUT2D eigenvalue weighted by Crippen LogP contribution is -1.94. The molecule has 1 N–H and O–H groups in total. The molecule has 0 bridgehead atoms. The number of hydrogen-bond acceptors (Lipinski definition) is 5. The second-order valence-corrected chi connectivity index (χ2v) is 6.09. The van der Waals surface area contributed by atoms with Crippen LogP contribution in [0.25, 0.3) is 11.3 Å². The lowest BCUT2D eigenvalue weighted by atomic mass is 10.1. The van der Waals surface area contributed by atoms with Gasteiger partial charge in [0.25, 0.3) is 0 Å². The largest absolute Gasteiger partial charge is 0.476 e. The molecular weight excluding hydrogens is 350 g/mol. The first kappa shape index (κ1) is 14.5. The topological polar surface area (TPSA) is 63.3 Å². The van der Waals surface area contributed by atoms with Crippen LogP contribution in [0.15, 0.2) is 37.0 Å². The number of hydrogen-bond donors (Lipinski definition) is 1. The molecule has 2 aromatic rings. The smallest absolute Gasteiger partial charge is 0.358 e. The van der Waals surface area contributed by atoms with Crippen LogP contribution in [-0.2, 0) is 0 Å². The molecular formula is C12H10BrNO3S2. The Kier molecular flexibility index (Phi) is 4.59. The molecule has 1 aromatic carbocycles. The second kappa shape index (κ2) is 6.02. The normalized spacial score (nSPS) is 10.7. The van der Waals surface area contributed by atoms with Crippen LogP contribution in [0.5, 0.6) is 0 Å². The third-order valence-electron chi connectivity index (χ3n) is 2.45. The molecule has 7 heteroatoms. The van der Waals surface area contributed by atoms with Crippen LogP contribution in [-0.4, -0.2) is 28.7 Å². The van der Waals surface area contributed by atoms with Crippen molar-refractivity contribution < 1.29 is 14.4 Å². The minimum Gasteiger partial charge on any atom is -0.476 e. The summed E-state index contributed by atoms with van der Waals surface area (Å²) in [7, 11) is 0. The Morgan fingerprint density at radius 3 is 2.58 bits per heavy atom. The minimum atomic E-state index is -1.10. The van der Waals surface area contributed by atoms with Crippen LogP contribution in [0.4, 0.5) is 0 Å². The van der Waals surface area contributed by atoms with Gasteiger partial charge in [-0.1, -0.05) is 5.16 Å². The zero-order valence-electron chi connectivity index (χ0n) is 10.1. The van der Waals surface area contributed by atoms with Gasteiger partial charge in [0, 0.05) is 25.9 Å². The molecule has 0 saturated carbocycles. The number of carbonyl (C=O) groups is 1. The van der Waals surface area contributed by atoms with Crippen molar-refractivity contribution in [1.82, 2.24) is 5.16 Å². The number of aromatic nitrogens is 1. The van der Waals surface area contributed by atoms with Crippen molar-refractivity contribution in [3.8, 4) is 11.3 Å². The molecule has 0 saturated heterocycles. The number of thioether (sulfide) groups is 2. The highest BCUT2D eigenvalue weighted by atomic mass is 79.9. The van der Waals surface area contributed by atoms with E-state index in [-0.39, 0.29) is 5.69 Å². The lowest BCUT2D eigenvalue weighted by Gasteiger charge is -2.09. The number of halogens is 1. The van der Waals surface area contributed by atoms with Crippen LogP contribution in [0.1, 0.15) is 10.5 Å². The first-order chi connectivity index (χ1) is 9.06. The van der Waals surface area contributed by atoms with E-state index in [2.05, 4.69) is 21.1 Å². The van der Waals surface area contributed by atoms with Crippen LogP contribution >= 0.6 is 39.5 Å². The number of carboxylic acid groups (broad SMARTS) is 1. The van der Waals surface area contributed by atoms with E-state index in [0.29, 0.717) is 5.76 Å². The number of benzene rings is 1. The van der Waals surface area contributed by atoms with Crippen molar-refractivity contribution in [2.75, 3.05) is 12.5 Å². The first-order valence-corrected chi connectivity index (χ1v) is 8.43. The quantitative estimate of drug-likeness (QED) is 0.823. The van der Waals surface area contributed by atoms with E-state index in [0.717, 1.165) is 19.8 Å². The molecule has 0 unspecified atom stereocenters. The average Bonchev–Trinajstić information content (AvgIpc) is 2.87. The molecule has 0 fully saturated rings. The summed E-state index contributed by atoms with van der Waals surface area (Å²) in [5.74, 6) is -0.652. The molecule has 0 radical (unpaired) electrons. The van der Waals surface area contributed by atoms with Crippen molar-refractivity contribution in [1.29, 1.82) is 0 Å². The SMILES string of the molecule is CSc1cc(-c2cc(C(=O)O)no2)cc(Br)c1SC. The van der Waals surface area contributed by atoms with Gasteiger partial charge in [0.05, 0.1) is 0 Å². The fourth-order valence-electron chi connectivity index (χ4n) is 1.57. The van der Waals surface area contributed by atoms with Gasteiger partial charge in [-0.25, -0.2) is 4.79 Å². The van der Waals surface area contributed by atoms with E-state index in [4.69, 9.17) is 9.63 Å². The Hall–Kier alpha value is -0.920. The fourth-order valence-corrected chi connectivity index (χ4v) is 4.20. The number of aromatic carboxylic acids is 1. The van der Waals surface area contributed by atoms with Crippen molar-refractivity contribution in [2.24, 2.45) is 0 Å². The van der Waals surface area contributed by atoms with Gasteiger partial charge in [-0.2, -0.15) is 0 Å². The van der Waals surface area contributed by atoms with Gasteiger partial charge < -0.3 is 9.63 Å². The Morgan fingerprint density at radius 1 is 1.32 bits per heavy atom. The molecule has 0 spiro atoms. The minimum absolute atomic E-state index is 0.0919. The van der Waals surface area contributed by atoms with E-state index in [9.17, 15) is 4.79 Å². The van der Waals surface area contributed by atoms with Crippen molar-refractivity contribution in [3.63, 3.8) is 0 Å². The third kappa shape index (κ3) is 2.98. The molecule has 4 nitrogen and oxygen atoms in total. The Morgan fingerprint density at radius 2 is 2.05 bits per heavy atom. The van der Waals surface area contributed by atoms with Gasteiger partial charge in [0.2, 0.25) is 0 Å². The maximum atomic E-state index is 10.8. The Balaban J connectivity index is 2.50. The molecule has 0 aliphatic heterocycles. The highest BCUT2D eigenvalue weighted by Gasteiger charge is 2.15. The van der Waals surface area contributed by atoms with E-state index in [1.165, 1.54) is 6.07 Å². The van der Waals surface area contributed by atoms with E-state index < -0.39 is 5.97 Å². The monoisotopic (exact) mass is 359 g/mol. The van der Waals surface area contributed by atoms with Crippen molar-refractivity contribution in [2.45, 2.75) is 9.79 Å². The van der Waals surface area contributed by atoms with Crippen molar-refractivity contribution in [3.05, 3.63) is 28.4 Å². The molecule has 1 aromatic heterocycles. The van der Waals surface area contributed by atoms with Gasteiger partial charge >= 0.3 is 5.97 Å².